The van der Waals surface area contributed by atoms with Gasteiger partial charge in [0, 0.05) is 6.42 Å². The largest absolute Gasteiger partial charge is 0.508 e. The Morgan fingerprint density at radius 1 is 0.696 bits per heavy atom. The van der Waals surface area contributed by atoms with Gasteiger partial charge in [-0.3, -0.25) is 4.79 Å². The van der Waals surface area contributed by atoms with Crippen LogP contribution >= 0.6 is 0 Å². The number of hydrogen-bond acceptors (Lipinski definition) is 3. The zero-order chi connectivity index (χ0) is 17.3. The highest BCUT2D eigenvalue weighted by Crippen LogP contribution is 2.12. The van der Waals surface area contributed by atoms with E-state index in [0.29, 0.717) is 0 Å². The quantitative estimate of drug-likeness (QED) is 0.173. The van der Waals surface area contributed by atoms with Crippen LogP contribution in [0.25, 0.3) is 0 Å². The topological polar surface area (TPSA) is 94.8 Å². The molecule has 5 heteroatoms. The van der Waals surface area contributed by atoms with Crippen LogP contribution in [-0.2, 0) is 9.59 Å². The van der Waals surface area contributed by atoms with E-state index < -0.39 is 11.9 Å². The van der Waals surface area contributed by atoms with Gasteiger partial charge in [0.15, 0.2) is 0 Å². The van der Waals surface area contributed by atoms with Crippen molar-refractivity contribution in [3.05, 3.63) is 24.0 Å². The third-order valence-corrected chi connectivity index (χ3v) is 3.57. The predicted molar refractivity (Wildman–Crippen MR) is 90.5 cm³/mol. The molecular formula is C18H30O5. The summed E-state index contributed by atoms with van der Waals surface area (Å²) in [7, 11) is 0. The maximum absolute atomic E-state index is 10.3. The Morgan fingerprint density at radius 2 is 1.17 bits per heavy atom. The van der Waals surface area contributed by atoms with Crippen LogP contribution in [0.5, 0.6) is 0 Å². The number of unbranched alkanes of at least 4 members (excludes halogenated alkanes) is 10. The summed E-state index contributed by atoms with van der Waals surface area (Å²) in [5, 5.41) is 26.1. The number of hydrogen-bond donors (Lipinski definition) is 3. The Labute approximate surface area is 138 Å². The summed E-state index contributed by atoms with van der Waals surface area (Å²) < 4.78 is 0. The van der Waals surface area contributed by atoms with Crippen LogP contribution in [0.4, 0.5) is 0 Å². The molecule has 0 aliphatic rings. The molecule has 3 N–H and O–H groups in total. The summed E-state index contributed by atoms with van der Waals surface area (Å²) in [4.78, 5) is 20.6. The van der Waals surface area contributed by atoms with Crippen LogP contribution in [0.3, 0.4) is 0 Å². The third kappa shape index (κ3) is 18.2. The maximum Gasteiger partial charge on any atom is 0.332 e. The van der Waals surface area contributed by atoms with Gasteiger partial charge in [0.2, 0.25) is 0 Å². The van der Waals surface area contributed by atoms with Crippen LogP contribution in [0.15, 0.2) is 24.0 Å². The average Bonchev–Trinajstić information content (AvgIpc) is 2.46. The molecule has 0 unspecified atom stereocenters. The van der Waals surface area contributed by atoms with Crippen molar-refractivity contribution < 1.29 is 24.9 Å². The lowest BCUT2D eigenvalue weighted by molar-refractivity contribution is -0.137. The fourth-order valence-electron chi connectivity index (χ4n) is 2.33. The fraction of sp³-hybridized carbons (Fsp3) is 0.667. The van der Waals surface area contributed by atoms with Gasteiger partial charge in [0.25, 0.3) is 0 Å². The first-order valence-corrected chi connectivity index (χ1v) is 8.54. The second-order valence-corrected chi connectivity index (χ2v) is 5.78. The Bertz CT molecular complexity index is 385. The number of aliphatic carboxylic acids is 2. The zero-order valence-corrected chi connectivity index (χ0v) is 13.9. The van der Waals surface area contributed by atoms with Crippen molar-refractivity contribution in [3.8, 4) is 0 Å². The molecule has 0 aliphatic carbocycles. The minimum Gasteiger partial charge on any atom is -0.508 e. The van der Waals surface area contributed by atoms with Crippen molar-refractivity contribution in [3.63, 3.8) is 0 Å². The molecule has 0 saturated carbocycles. The Hall–Kier alpha value is -1.78. The maximum atomic E-state index is 10.3. The van der Waals surface area contributed by atoms with Crippen LogP contribution in [0, 0.1) is 0 Å². The van der Waals surface area contributed by atoms with E-state index in [1.807, 2.05) is 0 Å². The van der Waals surface area contributed by atoms with Gasteiger partial charge in [0.05, 0.1) is 6.08 Å². The van der Waals surface area contributed by atoms with Crippen LogP contribution in [0.1, 0.15) is 77.0 Å². The minimum absolute atomic E-state index is 0.221. The van der Waals surface area contributed by atoms with Crippen molar-refractivity contribution in [2.24, 2.45) is 0 Å². The second kappa shape index (κ2) is 15.1. The molecule has 0 rings (SSSR count). The highest BCUT2D eigenvalue weighted by Gasteiger charge is 1.97. The summed E-state index contributed by atoms with van der Waals surface area (Å²) in [5.41, 5.74) is 0. The summed E-state index contributed by atoms with van der Waals surface area (Å²) in [6.45, 7) is 0. The predicted octanol–water partition coefficient (Wildman–Crippen LogP) is 4.83. The Kier molecular flexibility index (Phi) is 14.0. The number of carboxylic acids is 2. The fourth-order valence-corrected chi connectivity index (χ4v) is 2.33. The van der Waals surface area contributed by atoms with E-state index in [9.17, 15) is 14.7 Å². The molecule has 0 amide bonds. The smallest absolute Gasteiger partial charge is 0.332 e. The lowest BCUT2D eigenvalue weighted by atomic mass is 10.1. The number of rotatable bonds is 15. The Morgan fingerprint density at radius 3 is 1.65 bits per heavy atom. The number of allylic oxidation sites excluding steroid dienone is 2. The van der Waals surface area contributed by atoms with E-state index in [0.717, 1.165) is 44.6 Å². The van der Waals surface area contributed by atoms with Gasteiger partial charge >= 0.3 is 11.9 Å². The van der Waals surface area contributed by atoms with Gasteiger partial charge in [0.1, 0.15) is 5.76 Å². The van der Waals surface area contributed by atoms with Crippen molar-refractivity contribution in [1.29, 1.82) is 0 Å². The first kappa shape index (κ1) is 21.2. The van der Waals surface area contributed by atoms with Crippen molar-refractivity contribution in [1.82, 2.24) is 0 Å². The van der Waals surface area contributed by atoms with Gasteiger partial charge in [-0.05, 0) is 25.3 Å². The molecule has 5 nitrogen and oxygen atoms in total. The summed E-state index contributed by atoms with van der Waals surface area (Å²) >= 11 is 0. The van der Waals surface area contributed by atoms with Crippen LogP contribution < -0.4 is 0 Å². The molecule has 0 aromatic rings. The number of carboxylic acid groups (broad SMARTS) is 2. The Balaban J connectivity index is 3.26. The molecule has 132 valence electrons. The molecule has 0 aromatic carbocycles. The highest BCUT2D eigenvalue weighted by molar-refractivity contribution is 5.80. The standard InChI is InChI=1S/C18H30O5/c19-16(15-18(22)23)13-11-9-7-5-3-1-2-4-6-8-10-12-14-17(20)21/h11,13,15,19H,1-10,12,14H2,(H,20,21)(H,22,23)/b13-11-,16-15-. The van der Waals surface area contributed by atoms with E-state index in [-0.39, 0.29) is 12.2 Å². The highest BCUT2D eigenvalue weighted by atomic mass is 16.4. The van der Waals surface area contributed by atoms with E-state index in [1.165, 1.54) is 38.2 Å². The first-order chi connectivity index (χ1) is 11.0. The number of aliphatic hydroxyl groups excluding tert-OH is 1. The molecule has 0 spiro atoms. The third-order valence-electron chi connectivity index (χ3n) is 3.57. The van der Waals surface area contributed by atoms with Crippen molar-refractivity contribution in [2.45, 2.75) is 77.0 Å². The summed E-state index contributed by atoms with van der Waals surface area (Å²) in [6, 6.07) is 0. The number of aliphatic hydroxyl groups is 1. The van der Waals surface area contributed by atoms with Crippen LogP contribution in [0.2, 0.25) is 0 Å². The molecule has 0 atom stereocenters. The molecule has 0 fully saturated rings. The van der Waals surface area contributed by atoms with Crippen molar-refractivity contribution in [2.75, 3.05) is 0 Å². The molecule has 0 heterocycles. The molecule has 23 heavy (non-hydrogen) atoms. The van der Waals surface area contributed by atoms with E-state index in [2.05, 4.69) is 0 Å². The lowest BCUT2D eigenvalue weighted by Gasteiger charge is -2.01. The van der Waals surface area contributed by atoms with Gasteiger partial charge in [-0.15, -0.1) is 0 Å². The van der Waals surface area contributed by atoms with E-state index in [4.69, 9.17) is 10.2 Å². The molecule has 0 aliphatic heterocycles. The number of carbonyl (C=O) groups is 2. The second-order valence-electron chi connectivity index (χ2n) is 5.78. The average molecular weight is 326 g/mol. The van der Waals surface area contributed by atoms with Gasteiger partial charge in [-0.1, -0.05) is 57.4 Å². The van der Waals surface area contributed by atoms with Crippen LogP contribution in [-0.4, -0.2) is 27.3 Å². The molecular weight excluding hydrogens is 296 g/mol. The monoisotopic (exact) mass is 326 g/mol. The molecule has 0 saturated heterocycles. The first-order valence-electron chi connectivity index (χ1n) is 8.54. The lowest BCUT2D eigenvalue weighted by Crippen LogP contribution is -1.93. The SMILES string of the molecule is O=C(O)/C=C(O)/C=C\CCCCCCCCCCCCC(=O)O. The normalized spacial score (nSPS) is 11.9. The molecule has 0 radical (unpaired) electrons. The van der Waals surface area contributed by atoms with Gasteiger partial charge < -0.3 is 15.3 Å². The van der Waals surface area contributed by atoms with Crippen molar-refractivity contribution >= 4 is 11.9 Å². The van der Waals surface area contributed by atoms with Gasteiger partial charge in [-0.25, -0.2) is 4.79 Å². The molecule has 0 bridgehead atoms. The molecule has 0 aromatic heterocycles. The summed E-state index contributed by atoms with van der Waals surface area (Å²) in [5.74, 6) is -2.07. The van der Waals surface area contributed by atoms with Gasteiger partial charge in [-0.2, -0.15) is 0 Å². The van der Waals surface area contributed by atoms with E-state index >= 15 is 0 Å². The minimum atomic E-state index is -1.14. The van der Waals surface area contributed by atoms with E-state index in [1.54, 1.807) is 6.08 Å². The zero-order valence-electron chi connectivity index (χ0n) is 13.9. The summed E-state index contributed by atoms with van der Waals surface area (Å²) in [6.07, 6.45) is 16.3.